The predicted octanol–water partition coefficient (Wildman–Crippen LogP) is 2.10. The van der Waals surface area contributed by atoms with E-state index in [1.165, 1.54) is 12.1 Å². The van der Waals surface area contributed by atoms with Crippen LogP contribution in [-0.2, 0) is 0 Å². The largest absolute Gasteiger partial charge is 0.366 e. The minimum absolute atomic E-state index is 0.0246. The van der Waals surface area contributed by atoms with E-state index in [2.05, 4.69) is 31.3 Å². The highest BCUT2D eigenvalue weighted by Gasteiger charge is 2.21. The van der Waals surface area contributed by atoms with Crippen molar-refractivity contribution in [2.75, 3.05) is 0 Å². The van der Waals surface area contributed by atoms with Gasteiger partial charge in [0, 0.05) is 21.7 Å². The van der Waals surface area contributed by atoms with Gasteiger partial charge < -0.3 is 5.73 Å². The number of carbonyl (C=O) groups excluding carboxylic acids is 1. The fourth-order valence-corrected chi connectivity index (χ4v) is 2.52. The molecule has 0 aliphatic rings. The van der Waals surface area contributed by atoms with E-state index in [4.69, 9.17) is 5.73 Å². The molecule has 24 heavy (non-hydrogen) atoms. The Bertz CT molecular complexity index is 955. The zero-order valence-electron chi connectivity index (χ0n) is 12.0. The number of benzene rings is 2. The van der Waals surface area contributed by atoms with Crippen LogP contribution in [0.3, 0.4) is 0 Å². The lowest BCUT2D eigenvalue weighted by Crippen LogP contribution is -2.12. The zero-order valence-corrected chi connectivity index (χ0v) is 13.5. The molecule has 0 spiro atoms. The van der Waals surface area contributed by atoms with Gasteiger partial charge in [0.2, 0.25) is 11.7 Å². The summed E-state index contributed by atoms with van der Waals surface area (Å²) in [4.78, 5) is 22.9. The van der Waals surface area contributed by atoms with Crippen molar-refractivity contribution < 1.29 is 9.72 Å². The number of hydrogen-bond acceptors (Lipinski definition) is 6. The van der Waals surface area contributed by atoms with Crippen LogP contribution in [0.2, 0.25) is 0 Å². The molecular weight excluding hydrogens is 380 g/mol. The van der Waals surface area contributed by atoms with Gasteiger partial charge in [-0.15, -0.1) is 15.0 Å². The van der Waals surface area contributed by atoms with E-state index in [-0.39, 0.29) is 16.9 Å². The molecule has 0 atom stereocenters. The number of hydrogen-bond donors (Lipinski definition) is 1. The Morgan fingerprint density at radius 1 is 1.25 bits per heavy atom. The predicted molar refractivity (Wildman–Crippen MR) is 87.5 cm³/mol. The van der Waals surface area contributed by atoms with Gasteiger partial charge in [-0.25, -0.2) is 0 Å². The highest BCUT2D eigenvalue weighted by Crippen LogP contribution is 2.27. The molecule has 0 saturated carbocycles. The van der Waals surface area contributed by atoms with Crippen molar-refractivity contribution in [1.29, 1.82) is 0 Å². The maximum atomic E-state index is 11.3. The van der Waals surface area contributed by atoms with Crippen molar-refractivity contribution in [1.82, 2.24) is 20.2 Å². The monoisotopic (exact) mass is 388 g/mol. The van der Waals surface area contributed by atoms with Gasteiger partial charge in [-0.2, -0.15) is 0 Å². The molecule has 3 aromatic rings. The molecule has 0 fully saturated rings. The first kappa shape index (κ1) is 15.7. The summed E-state index contributed by atoms with van der Waals surface area (Å²) in [5.41, 5.74) is 5.60. The number of rotatable bonds is 4. The van der Waals surface area contributed by atoms with Crippen molar-refractivity contribution in [3.05, 3.63) is 62.6 Å². The molecule has 10 heteroatoms. The molecule has 2 N–H and O–H groups in total. The average Bonchev–Trinajstić information content (AvgIpc) is 3.04. The van der Waals surface area contributed by atoms with Gasteiger partial charge in [-0.05, 0) is 29.5 Å². The molecule has 0 aliphatic carbocycles. The summed E-state index contributed by atoms with van der Waals surface area (Å²) in [5, 5.41) is 23.2. The summed E-state index contributed by atoms with van der Waals surface area (Å²) in [6.07, 6.45) is 0. The highest BCUT2D eigenvalue weighted by atomic mass is 79.9. The van der Waals surface area contributed by atoms with Crippen LogP contribution >= 0.6 is 15.9 Å². The number of aromatic nitrogens is 4. The lowest BCUT2D eigenvalue weighted by molar-refractivity contribution is -0.384. The quantitative estimate of drug-likeness (QED) is 0.537. The standard InChI is InChI=1S/C14H9BrN6O3/c15-10-4-2-1-3-9(10)14-17-19-20(18-14)11-6-5-8(13(16)22)7-12(11)21(23)24/h1-7H,(H2,16,22). The summed E-state index contributed by atoms with van der Waals surface area (Å²) < 4.78 is 0.767. The topological polar surface area (TPSA) is 130 Å². The van der Waals surface area contributed by atoms with E-state index < -0.39 is 10.8 Å². The number of nitro benzene ring substituents is 1. The van der Waals surface area contributed by atoms with E-state index >= 15 is 0 Å². The van der Waals surface area contributed by atoms with Crippen LogP contribution in [-0.4, -0.2) is 31.0 Å². The fraction of sp³-hybridized carbons (Fsp3) is 0. The van der Waals surface area contributed by atoms with Crippen LogP contribution in [0.4, 0.5) is 5.69 Å². The Morgan fingerprint density at radius 3 is 2.67 bits per heavy atom. The van der Waals surface area contributed by atoms with Gasteiger partial charge in [0.15, 0.2) is 5.69 Å². The van der Waals surface area contributed by atoms with Crippen LogP contribution < -0.4 is 5.73 Å². The molecule has 0 aliphatic heterocycles. The average molecular weight is 389 g/mol. The second-order valence-corrected chi connectivity index (χ2v) is 5.56. The van der Waals surface area contributed by atoms with E-state index in [1.54, 1.807) is 6.07 Å². The van der Waals surface area contributed by atoms with Gasteiger partial charge in [0.05, 0.1) is 4.92 Å². The molecule has 120 valence electrons. The van der Waals surface area contributed by atoms with Crippen molar-refractivity contribution in [3.8, 4) is 17.1 Å². The van der Waals surface area contributed by atoms with Crippen LogP contribution in [0.1, 0.15) is 10.4 Å². The Labute approximate surface area is 143 Å². The molecule has 2 aromatic carbocycles. The van der Waals surface area contributed by atoms with Gasteiger partial charge >= 0.3 is 0 Å². The van der Waals surface area contributed by atoms with Gasteiger partial charge in [0.25, 0.3) is 5.69 Å². The van der Waals surface area contributed by atoms with Crippen LogP contribution in [0.5, 0.6) is 0 Å². The maximum Gasteiger partial charge on any atom is 0.297 e. The number of nitro groups is 1. The number of amides is 1. The minimum Gasteiger partial charge on any atom is -0.366 e. The molecule has 0 radical (unpaired) electrons. The first-order valence-electron chi connectivity index (χ1n) is 6.61. The molecule has 0 saturated heterocycles. The summed E-state index contributed by atoms with van der Waals surface area (Å²) in [5.74, 6) is -0.458. The molecule has 9 nitrogen and oxygen atoms in total. The highest BCUT2D eigenvalue weighted by molar-refractivity contribution is 9.10. The zero-order chi connectivity index (χ0) is 17.3. The van der Waals surface area contributed by atoms with E-state index in [0.29, 0.717) is 11.4 Å². The second kappa shape index (κ2) is 6.16. The third-order valence-corrected chi connectivity index (χ3v) is 3.89. The lowest BCUT2D eigenvalue weighted by Gasteiger charge is -2.02. The summed E-state index contributed by atoms with van der Waals surface area (Å²) in [7, 11) is 0. The number of primary amides is 1. The van der Waals surface area contributed by atoms with E-state index in [1.807, 2.05) is 18.2 Å². The van der Waals surface area contributed by atoms with Crippen molar-refractivity contribution in [2.45, 2.75) is 0 Å². The summed E-state index contributed by atoms with van der Waals surface area (Å²) in [6.45, 7) is 0. The number of halogens is 1. The number of nitrogens with two attached hydrogens (primary N) is 1. The molecule has 1 heterocycles. The molecule has 0 unspecified atom stereocenters. The minimum atomic E-state index is -0.759. The Hall–Kier alpha value is -3.14. The first-order valence-corrected chi connectivity index (χ1v) is 7.40. The van der Waals surface area contributed by atoms with E-state index in [9.17, 15) is 14.9 Å². The number of carbonyl (C=O) groups is 1. The van der Waals surface area contributed by atoms with Crippen LogP contribution in [0.25, 0.3) is 17.1 Å². The van der Waals surface area contributed by atoms with E-state index in [0.717, 1.165) is 15.3 Å². The SMILES string of the molecule is NC(=O)c1ccc(-n2nnc(-c3ccccc3Br)n2)c([N+](=O)[O-])c1. The normalized spacial score (nSPS) is 10.5. The summed E-state index contributed by atoms with van der Waals surface area (Å²) >= 11 is 3.39. The molecule has 1 amide bonds. The van der Waals surface area contributed by atoms with Crippen molar-refractivity contribution in [3.63, 3.8) is 0 Å². The maximum absolute atomic E-state index is 11.3. The van der Waals surface area contributed by atoms with Gasteiger partial charge in [-0.3, -0.25) is 14.9 Å². The lowest BCUT2D eigenvalue weighted by atomic mass is 10.1. The van der Waals surface area contributed by atoms with Gasteiger partial charge in [0.1, 0.15) is 0 Å². The third-order valence-electron chi connectivity index (χ3n) is 3.20. The Kier molecular flexibility index (Phi) is 4.04. The van der Waals surface area contributed by atoms with Crippen molar-refractivity contribution >= 4 is 27.5 Å². The third kappa shape index (κ3) is 2.86. The number of nitrogens with zero attached hydrogens (tertiary/aromatic N) is 5. The van der Waals surface area contributed by atoms with Gasteiger partial charge in [-0.1, -0.05) is 28.1 Å². The van der Waals surface area contributed by atoms with Crippen LogP contribution in [0, 0.1) is 10.1 Å². The Morgan fingerprint density at radius 2 is 2.00 bits per heavy atom. The first-order chi connectivity index (χ1) is 11.5. The Balaban J connectivity index is 2.09. The summed E-state index contributed by atoms with van der Waals surface area (Å²) in [6, 6.07) is 11.1. The molecule has 1 aromatic heterocycles. The fourth-order valence-electron chi connectivity index (χ4n) is 2.06. The molecular formula is C14H9BrN6O3. The van der Waals surface area contributed by atoms with Crippen molar-refractivity contribution in [2.24, 2.45) is 5.73 Å². The second-order valence-electron chi connectivity index (χ2n) is 4.71. The van der Waals surface area contributed by atoms with Crippen LogP contribution in [0.15, 0.2) is 46.9 Å². The molecule has 3 rings (SSSR count). The number of tetrazole rings is 1. The smallest absolute Gasteiger partial charge is 0.297 e. The molecule has 0 bridgehead atoms.